The second-order valence-electron chi connectivity index (χ2n) is 4.93. The van der Waals surface area contributed by atoms with E-state index in [2.05, 4.69) is 12.1 Å². The molecule has 0 saturated carbocycles. The van der Waals surface area contributed by atoms with E-state index in [1.807, 2.05) is 32.9 Å². The van der Waals surface area contributed by atoms with Crippen molar-refractivity contribution < 1.29 is 5.11 Å². The standard InChI is InChI=1S/C14H19NO/c1-11-9-12(6-7-13(11)10-15)5-4-8-14(2,3)16/h6-7,9,16H,4-5,8H2,1-3H3. The Balaban J connectivity index is 2.57. The van der Waals surface area contributed by atoms with Crippen LogP contribution in [0.3, 0.4) is 0 Å². The summed E-state index contributed by atoms with van der Waals surface area (Å²) in [5.74, 6) is 0. The third-order valence-corrected chi connectivity index (χ3v) is 2.67. The van der Waals surface area contributed by atoms with Crippen molar-refractivity contribution in [2.45, 2.75) is 45.6 Å². The summed E-state index contributed by atoms with van der Waals surface area (Å²) < 4.78 is 0. The fourth-order valence-corrected chi connectivity index (χ4v) is 1.73. The first kappa shape index (κ1) is 12.7. The van der Waals surface area contributed by atoms with E-state index in [-0.39, 0.29) is 0 Å². The smallest absolute Gasteiger partial charge is 0.0994 e. The fraction of sp³-hybridized carbons (Fsp3) is 0.500. The molecule has 0 heterocycles. The van der Waals surface area contributed by atoms with Gasteiger partial charge in [-0.2, -0.15) is 5.26 Å². The summed E-state index contributed by atoms with van der Waals surface area (Å²) in [6, 6.07) is 8.09. The number of rotatable bonds is 4. The fourth-order valence-electron chi connectivity index (χ4n) is 1.73. The molecule has 2 nitrogen and oxygen atoms in total. The molecule has 16 heavy (non-hydrogen) atoms. The van der Waals surface area contributed by atoms with Crippen LogP contribution in [0.4, 0.5) is 0 Å². The zero-order valence-electron chi connectivity index (χ0n) is 10.2. The molecule has 0 radical (unpaired) electrons. The van der Waals surface area contributed by atoms with E-state index in [4.69, 9.17) is 5.26 Å². The summed E-state index contributed by atoms with van der Waals surface area (Å²) >= 11 is 0. The first-order valence-electron chi connectivity index (χ1n) is 5.64. The van der Waals surface area contributed by atoms with Crippen molar-refractivity contribution in [2.24, 2.45) is 0 Å². The van der Waals surface area contributed by atoms with Gasteiger partial charge in [0.1, 0.15) is 0 Å². The quantitative estimate of drug-likeness (QED) is 0.842. The van der Waals surface area contributed by atoms with Crippen molar-refractivity contribution in [1.82, 2.24) is 0 Å². The molecular formula is C14H19NO. The lowest BCUT2D eigenvalue weighted by atomic mass is 9.97. The molecule has 0 aromatic heterocycles. The minimum atomic E-state index is -0.582. The van der Waals surface area contributed by atoms with Crippen LogP contribution in [0, 0.1) is 18.3 Å². The summed E-state index contributed by atoms with van der Waals surface area (Å²) in [4.78, 5) is 0. The Kier molecular flexibility index (Phi) is 4.09. The largest absolute Gasteiger partial charge is 0.390 e. The number of hydrogen-bond donors (Lipinski definition) is 1. The lowest BCUT2D eigenvalue weighted by Crippen LogP contribution is -2.18. The second-order valence-corrected chi connectivity index (χ2v) is 4.93. The van der Waals surface area contributed by atoms with Crippen LogP contribution in [0.5, 0.6) is 0 Å². The van der Waals surface area contributed by atoms with Crippen LogP contribution in [-0.4, -0.2) is 10.7 Å². The van der Waals surface area contributed by atoms with Gasteiger partial charge in [-0.05, 0) is 57.2 Å². The SMILES string of the molecule is Cc1cc(CCCC(C)(C)O)ccc1C#N. The predicted octanol–water partition coefficient (Wildman–Crippen LogP) is 2.96. The average Bonchev–Trinajstić information content (AvgIpc) is 2.16. The average molecular weight is 217 g/mol. The zero-order chi connectivity index (χ0) is 12.2. The number of nitrogens with zero attached hydrogens (tertiary/aromatic N) is 1. The zero-order valence-corrected chi connectivity index (χ0v) is 10.2. The molecule has 2 heteroatoms. The van der Waals surface area contributed by atoms with E-state index in [0.717, 1.165) is 30.4 Å². The molecule has 86 valence electrons. The van der Waals surface area contributed by atoms with E-state index >= 15 is 0 Å². The summed E-state index contributed by atoms with van der Waals surface area (Å²) in [7, 11) is 0. The molecule has 0 aliphatic carbocycles. The summed E-state index contributed by atoms with van der Waals surface area (Å²) in [6.45, 7) is 5.62. The van der Waals surface area contributed by atoms with Gasteiger partial charge in [0.2, 0.25) is 0 Å². The molecule has 0 unspecified atom stereocenters. The van der Waals surface area contributed by atoms with Gasteiger partial charge in [0.05, 0.1) is 17.2 Å². The number of aliphatic hydroxyl groups is 1. The molecule has 1 rings (SSSR count). The summed E-state index contributed by atoms with van der Waals surface area (Å²) in [5, 5.41) is 18.4. The molecule has 1 N–H and O–H groups in total. The monoisotopic (exact) mass is 217 g/mol. The van der Waals surface area contributed by atoms with Gasteiger partial charge in [-0.1, -0.05) is 12.1 Å². The molecule has 0 spiro atoms. The Morgan fingerprint density at radius 1 is 1.38 bits per heavy atom. The van der Waals surface area contributed by atoms with Crippen LogP contribution in [0.2, 0.25) is 0 Å². The van der Waals surface area contributed by atoms with Crippen molar-refractivity contribution in [3.63, 3.8) is 0 Å². The Hall–Kier alpha value is -1.33. The van der Waals surface area contributed by atoms with Gasteiger partial charge in [-0.15, -0.1) is 0 Å². The minimum Gasteiger partial charge on any atom is -0.390 e. The van der Waals surface area contributed by atoms with E-state index in [1.54, 1.807) is 0 Å². The molecular weight excluding hydrogens is 198 g/mol. The highest BCUT2D eigenvalue weighted by Gasteiger charge is 2.11. The van der Waals surface area contributed by atoms with Crippen molar-refractivity contribution in [3.8, 4) is 6.07 Å². The van der Waals surface area contributed by atoms with Crippen LogP contribution in [0.15, 0.2) is 18.2 Å². The van der Waals surface area contributed by atoms with Crippen LogP contribution in [0.25, 0.3) is 0 Å². The van der Waals surface area contributed by atoms with E-state index in [0.29, 0.717) is 0 Å². The van der Waals surface area contributed by atoms with Crippen LogP contribution in [0.1, 0.15) is 43.4 Å². The van der Waals surface area contributed by atoms with Gasteiger partial charge < -0.3 is 5.11 Å². The molecule has 0 amide bonds. The highest BCUT2D eigenvalue weighted by atomic mass is 16.3. The van der Waals surface area contributed by atoms with E-state index in [1.165, 1.54) is 5.56 Å². The molecule has 0 saturated heterocycles. The van der Waals surface area contributed by atoms with Crippen molar-refractivity contribution >= 4 is 0 Å². The number of nitriles is 1. The number of hydrogen-bond acceptors (Lipinski definition) is 2. The lowest BCUT2D eigenvalue weighted by molar-refractivity contribution is 0.0689. The Morgan fingerprint density at radius 2 is 2.06 bits per heavy atom. The molecule has 0 fully saturated rings. The highest BCUT2D eigenvalue weighted by Crippen LogP contribution is 2.16. The van der Waals surface area contributed by atoms with Gasteiger partial charge in [-0.25, -0.2) is 0 Å². The third kappa shape index (κ3) is 4.04. The molecule has 0 bridgehead atoms. The molecule has 1 aromatic carbocycles. The van der Waals surface area contributed by atoms with Gasteiger partial charge >= 0.3 is 0 Å². The van der Waals surface area contributed by atoms with Crippen LogP contribution in [-0.2, 0) is 6.42 Å². The summed E-state index contributed by atoms with van der Waals surface area (Å²) in [6.07, 6.45) is 2.72. The van der Waals surface area contributed by atoms with Gasteiger partial charge in [0, 0.05) is 0 Å². The topological polar surface area (TPSA) is 44.0 Å². The molecule has 0 aliphatic heterocycles. The van der Waals surface area contributed by atoms with Crippen LogP contribution >= 0.6 is 0 Å². The van der Waals surface area contributed by atoms with E-state index in [9.17, 15) is 5.11 Å². The number of aryl methyl sites for hydroxylation is 2. The van der Waals surface area contributed by atoms with Crippen LogP contribution < -0.4 is 0 Å². The maximum absolute atomic E-state index is 9.59. The third-order valence-electron chi connectivity index (χ3n) is 2.67. The number of benzene rings is 1. The second kappa shape index (κ2) is 5.14. The van der Waals surface area contributed by atoms with Crippen molar-refractivity contribution in [1.29, 1.82) is 5.26 Å². The maximum Gasteiger partial charge on any atom is 0.0994 e. The molecule has 1 aromatic rings. The molecule has 0 aliphatic rings. The first-order valence-corrected chi connectivity index (χ1v) is 5.64. The lowest BCUT2D eigenvalue weighted by Gasteiger charge is -2.16. The Morgan fingerprint density at radius 3 is 2.56 bits per heavy atom. The van der Waals surface area contributed by atoms with Gasteiger partial charge in [0.15, 0.2) is 0 Å². The Bertz CT molecular complexity index is 396. The first-order chi connectivity index (χ1) is 7.42. The predicted molar refractivity (Wildman–Crippen MR) is 65.1 cm³/mol. The van der Waals surface area contributed by atoms with Gasteiger partial charge in [-0.3, -0.25) is 0 Å². The van der Waals surface area contributed by atoms with E-state index < -0.39 is 5.60 Å². The minimum absolute atomic E-state index is 0.582. The Labute approximate surface area is 97.5 Å². The molecule has 0 atom stereocenters. The maximum atomic E-state index is 9.59. The van der Waals surface area contributed by atoms with Crippen molar-refractivity contribution in [2.75, 3.05) is 0 Å². The van der Waals surface area contributed by atoms with Crippen molar-refractivity contribution in [3.05, 3.63) is 34.9 Å². The summed E-state index contributed by atoms with van der Waals surface area (Å²) in [5.41, 5.74) is 2.43. The highest BCUT2D eigenvalue weighted by molar-refractivity contribution is 5.39. The van der Waals surface area contributed by atoms with Gasteiger partial charge in [0.25, 0.3) is 0 Å². The normalized spacial score (nSPS) is 11.2.